The molecule has 35 heavy (non-hydrogen) atoms. The molecule has 0 aliphatic rings. The number of hydrogen-bond donors (Lipinski definition) is 2. The summed E-state index contributed by atoms with van der Waals surface area (Å²) in [6.07, 6.45) is 1.59. The van der Waals surface area contributed by atoms with Crippen LogP contribution in [0.4, 0.5) is 8.78 Å². The van der Waals surface area contributed by atoms with Gasteiger partial charge in [-0.2, -0.15) is 8.78 Å². The molecule has 2 N–H and O–H groups in total. The van der Waals surface area contributed by atoms with Crippen LogP contribution < -0.4 is 4.74 Å². The van der Waals surface area contributed by atoms with Gasteiger partial charge in [-0.15, -0.1) is 0 Å². The molecule has 11 heteroatoms. The van der Waals surface area contributed by atoms with Crippen LogP contribution in [0.1, 0.15) is 26.3 Å². The SMILES string of the molecule is Cc1cc(OC(F)F)c(C(=O)O)cc1C(=O)O.O=S(=O)(c1ccccc1)n1ccc2ccccc21. The number of aryl methyl sites for hydroxylation is 1. The Morgan fingerprint density at radius 3 is 2.09 bits per heavy atom. The number of aromatic nitrogens is 1. The van der Waals surface area contributed by atoms with Crippen LogP contribution in [-0.4, -0.2) is 41.2 Å². The van der Waals surface area contributed by atoms with Gasteiger partial charge in [0.05, 0.1) is 16.0 Å². The third-order valence-electron chi connectivity index (χ3n) is 4.87. The molecule has 3 aromatic carbocycles. The first-order valence-electron chi connectivity index (χ1n) is 9.95. The van der Waals surface area contributed by atoms with Crippen LogP contribution in [0.25, 0.3) is 10.9 Å². The van der Waals surface area contributed by atoms with E-state index in [1.54, 1.807) is 48.7 Å². The normalized spacial score (nSPS) is 11.1. The number of carboxylic acids is 2. The van der Waals surface area contributed by atoms with Crippen molar-refractivity contribution >= 4 is 32.9 Å². The second-order valence-corrected chi connectivity index (χ2v) is 8.96. The molecule has 4 aromatic rings. The third kappa shape index (κ3) is 5.64. The second kappa shape index (κ2) is 10.3. The van der Waals surface area contributed by atoms with Gasteiger partial charge in [-0.3, -0.25) is 0 Å². The first-order chi connectivity index (χ1) is 16.5. The second-order valence-electron chi connectivity index (χ2n) is 7.14. The monoisotopic (exact) mass is 503 g/mol. The number of ether oxygens (including phenoxy) is 1. The third-order valence-corrected chi connectivity index (χ3v) is 6.57. The molecule has 0 aliphatic heterocycles. The zero-order valence-corrected chi connectivity index (χ0v) is 18.9. The molecule has 0 fully saturated rings. The van der Waals surface area contributed by atoms with Crippen molar-refractivity contribution in [2.75, 3.05) is 0 Å². The van der Waals surface area contributed by atoms with Crippen LogP contribution in [-0.2, 0) is 10.0 Å². The van der Waals surface area contributed by atoms with Crippen LogP contribution in [0.15, 0.2) is 83.9 Å². The standard InChI is InChI=1S/C14H11NO2S.C10H8F2O5/c16-18(17,13-7-2-1-3-8-13)15-11-10-12-6-4-5-9-14(12)15;1-4-2-7(17-10(11)12)6(9(15)16)3-5(4)8(13)14/h1-11H;2-3,10H,1H3,(H,13,14)(H,15,16). The average molecular weight is 503 g/mol. The smallest absolute Gasteiger partial charge is 0.387 e. The lowest BCUT2D eigenvalue weighted by Gasteiger charge is -2.10. The highest BCUT2D eigenvalue weighted by atomic mass is 32.2. The molecule has 8 nitrogen and oxygen atoms in total. The fourth-order valence-corrected chi connectivity index (χ4v) is 4.62. The Kier molecular flexibility index (Phi) is 7.50. The summed E-state index contributed by atoms with van der Waals surface area (Å²) in [5.41, 5.74) is -0.0585. The number of halogens is 2. The van der Waals surface area contributed by atoms with E-state index in [1.807, 2.05) is 18.2 Å². The topological polar surface area (TPSA) is 123 Å². The fourth-order valence-electron chi connectivity index (χ4n) is 3.25. The molecule has 0 spiro atoms. The number of alkyl halides is 2. The van der Waals surface area contributed by atoms with Gasteiger partial charge in [0, 0.05) is 11.6 Å². The van der Waals surface area contributed by atoms with E-state index in [2.05, 4.69) is 4.74 Å². The molecule has 0 unspecified atom stereocenters. The lowest BCUT2D eigenvalue weighted by atomic mass is 10.0. The van der Waals surface area contributed by atoms with Crippen molar-refractivity contribution < 1.29 is 41.7 Å². The van der Waals surface area contributed by atoms with Crippen molar-refractivity contribution in [2.45, 2.75) is 18.4 Å². The van der Waals surface area contributed by atoms with Gasteiger partial charge in [0.15, 0.2) is 0 Å². The van der Waals surface area contributed by atoms with Gasteiger partial charge in [0.2, 0.25) is 0 Å². The van der Waals surface area contributed by atoms with Crippen molar-refractivity contribution in [2.24, 2.45) is 0 Å². The van der Waals surface area contributed by atoms with Gasteiger partial charge >= 0.3 is 18.6 Å². The van der Waals surface area contributed by atoms with E-state index in [0.29, 0.717) is 10.4 Å². The summed E-state index contributed by atoms with van der Waals surface area (Å²) in [5, 5.41) is 18.4. The Labute approximate surface area is 198 Å². The average Bonchev–Trinajstić information content (AvgIpc) is 3.24. The van der Waals surface area contributed by atoms with E-state index in [9.17, 15) is 26.8 Å². The van der Waals surface area contributed by atoms with Crippen LogP contribution >= 0.6 is 0 Å². The molecule has 1 heterocycles. The van der Waals surface area contributed by atoms with Gasteiger partial charge in [-0.1, -0.05) is 36.4 Å². The summed E-state index contributed by atoms with van der Waals surface area (Å²) in [4.78, 5) is 21.8. The zero-order valence-electron chi connectivity index (χ0n) is 18.1. The Balaban J connectivity index is 0.000000196. The number of benzene rings is 3. The van der Waals surface area contributed by atoms with E-state index in [-0.39, 0.29) is 11.1 Å². The summed E-state index contributed by atoms with van der Waals surface area (Å²) in [6, 6.07) is 19.4. The Morgan fingerprint density at radius 1 is 0.886 bits per heavy atom. The van der Waals surface area contributed by atoms with Crippen molar-refractivity contribution in [3.05, 3.63) is 95.7 Å². The number of carbonyl (C=O) groups is 2. The van der Waals surface area contributed by atoms with Crippen molar-refractivity contribution in [3.8, 4) is 5.75 Å². The predicted molar refractivity (Wildman–Crippen MR) is 123 cm³/mol. The molecule has 0 bridgehead atoms. The van der Waals surface area contributed by atoms with E-state index in [1.165, 1.54) is 10.9 Å². The van der Waals surface area contributed by atoms with Crippen molar-refractivity contribution in [3.63, 3.8) is 0 Å². The molecule has 0 saturated heterocycles. The van der Waals surface area contributed by atoms with Crippen LogP contribution in [0.2, 0.25) is 0 Å². The van der Waals surface area contributed by atoms with Gasteiger partial charge in [0.1, 0.15) is 11.3 Å². The van der Waals surface area contributed by atoms with Crippen LogP contribution in [0.5, 0.6) is 5.75 Å². The molecule has 0 aliphatic carbocycles. The maximum atomic E-state index is 12.5. The van der Waals surface area contributed by atoms with E-state index in [4.69, 9.17) is 10.2 Å². The van der Waals surface area contributed by atoms with Crippen LogP contribution in [0, 0.1) is 6.92 Å². The fraction of sp³-hybridized carbons (Fsp3) is 0.0833. The van der Waals surface area contributed by atoms with Gasteiger partial charge < -0.3 is 14.9 Å². The first-order valence-corrected chi connectivity index (χ1v) is 11.4. The number of hydrogen-bond acceptors (Lipinski definition) is 5. The minimum Gasteiger partial charge on any atom is -0.478 e. The Morgan fingerprint density at radius 2 is 1.49 bits per heavy atom. The van der Waals surface area contributed by atoms with Gasteiger partial charge in [-0.25, -0.2) is 22.0 Å². The largest absolute Gasteiger partial charge is 0.478 e. The number of para-hydroxylation sites is 1. The molecule has 1 aromatic heterocycles. The highest BCUT2D eigenvalue weighted by molar-refractivity contribution is 7.90. The lowest BCUT2D eigenvalue weighted by molar-refractivity contribution is -0.0503. The minimum absolute atomic E-state index is 0.137. The minimum atomic E-state index is -3.51. The molecule has 182 valence electrons. The van der Waals surface area contributed by atoms with Crippen molar-refractivity contribution in [1.82, 2.24) is 3.97 Å². The Hall–Kier alpha value is -4.25. The summed E-state index contributed by atoms with van der Waals surface area (Å²) in [7, 11) is -3.51. The molecular weight excluding hydrogens is 484 g/mol. The molecule has 0 amide bonds. The molecule has 4 rings (SSSR count). The van der Waals surface area contributed by atoms with E-state index < -0.39 is 39.9 Å². The highest BCUT2D eigenvalue weighted by Crippen LogP contribution is 2.25. The number of fused-ring (bicyclic) bond motifs is 1. The molecular formula is C24H19F2NO7S. The zero-order chi connectivity index (χ0) is 25.8. The van der Waals surface area contributed by atoms with Crippen molar-refractivity contribution in [1.29, 1.82) is 0 Å². The number of carboxylic acid groups (broad SMARTS) is 2. The summed E-state index contributed by atoms with van der Waals surface area (Å²) >= 11 is 0. The number of nitrogens with zero attached hydrogens (tertiary/aromatic N) is 1. The maximum absolute atomic E-state index is 12.5. The van der Waals surface area contributed by atoms with Gasteiger partial charge in [0.25, 0.3) is 10.0 Å². The van der Waals surface area contributed by atoms with E-state index >= 15 is 0 Å². The Bertz CT molecular complexity index is 1480. The van der Waals surface area contributed by atoms with E-state index in [0.717, 1.165) is 17.5 Å². The maximum Gasteiger partial charge on any atom is 0.387 e. The predicted octanol–water partition coefficient (Wildman–Crippen LogP) is 4.87. The lowest BCUT2D eigenvalue weighted by Crippen LogP contribution is -2.11. The molecule has 0 saturated carbocycles. The summed E-state index contributed by atoms with van der Waals surface area (Å²) in [6.45, 7) is -1.82. The van der Waals surface area contributed by atoms with Crippen LogP contribution in [0.3, 0.4) is 0 Å². The number of rotatable bonds is 6. The van der Waals surface area contributed by atoms with Gasteiger partial charge in [-0.05, 0) is 48.9 Å². The number of aromatic carboxylic acids is 2. The summed E-state index contributed by atoms with van der Waals surface area (Å²) in [5.74, 6) is -3.44. The molecule has 0 atom stereocenters. The molecule has 0 radical (unpaired) electrons. The quantitative estimate of drug-likeness (QED) is 0.385. The highest BCUT2D eigenvalue weighted by Gasteiger charge is 2.20. The first kappa shape index (κ1) is 25.4. The summed E-state index contributed by atoms with van der Waals surface area (Å²) < 4.78 is 54.3.